The van der Waals surface area contributed by atoms with Gasteiger partial charge in [-0.05, 0) is 56.5 Å². The Balaban J connectivity index is 1.69. The SMILES string of the molecule is CCN(C(=O)C1CCN(S(=O)(=O)c2ccc(OC)c(OC)c2)CC1)C(C)c1cccc(OC)c1. The van der Waals surface area contributed by atoms with Crippen LogP contribution in [0.4, 0.5) is 0 Å². The molecule has 8 nitrogen and oxygen atoms in total. The summed E-state index contributed by atoms with van der Waals surface area (Å²) >= 11 is 0. The van der Waals surface area contributed by atoms with Gasteiger partial charge in [0.15, 0.2) is 11.5 Å². The Hall–Kier alpha value is -2.78. The second-order valence-electron chi connectivity index (χ2n) is 8.27. The zero-order chi connectivity index (χ0) is 24.9. The monoisotopic (exact) mass is 490 g/mol. The smallest absolute Gasteiger partial charge is 0.243 e. The number of carbonyl (C=O) groups excluding carboxylic acids is 1. The Labute approximate surface area is 202 Å². The number of carbonyl (C=O) groups is 1. The van der Waals surface area contributed by atoms with Crippen LogP contribution in [-0.4, -0.2) is 64.5 Å². The minimum Gasteiger partial charge on any atom is -0.497 e. The van der Waals surface area contributed by atoms with E-state index in [0.29, 0.717) is 30.9 Å². The van der Waals surface area contributed by atoms with Gasteiger partial charge in [0.2, 0.25) is 15.9 Å². The average Bonchev–Trinajstić information content (AvgIpc) is 2.88. The molecule has 0 aromatic heterocycles. The van der Waals surface area contributed by atoms with Gasteiger partial charge in [-0.15, -0.1) is 0 Å². The van der Waals surface area contributed by atoms with Crippen molar-refractivity contribution in [2.24, 2.45) is 5.92 Å². The minimum atomic E-state index is -3.70. The van der Waals surface area contributed by atoms with Crippen LogP contribution < -0.4 is 14.2 Å². The number of piperidine rings is 1. The van der Waals surface area contributed by atoms with Crippen LogP contribution in [-0.2, 0) is 14.8 Å². The van der Waals surface area contributed by atoms with Gasteiger partial charge in [-0.3, -0.25) is 4.79 Å². The van der Waals surface area contributed by atoms with Gasteiger partial charge in [-0.1, -0.05) is 12.1 Å². The molecule has 0 N–H and O–H groups in total. The topological polar surface area (TPSA) is 85.4 Å². The highest BCUT2D eigenvalue weighted by Crippen LogP contribution is 2.33. The van der Waals surface area contributed by atoms with E-state index in [1.807, 2.05) is 43.0 Å². The van der Waals surface area contributed by atoms with Crippen LogP contribution in [0.15, 0.2) is 47.4 Å². The fraction of sp³-hybridized carbons (Fsp3) is 0.480. The van der Waals surface area contributed by atoms with E-state index >= 15 is 0 Å². The normalized spacial score (nSPS) is 16.0. The molecule has 3 rings (SSSR count). The number of benzene rings is 2. The lowest BCUT2D eigenvalue weighted by atomic mass is 9.95. The van der Waals surface area contributed by atoms with E-state index in [2.05, 4.69) is 0 Å². The van der Waals surface area contributed by atoms with Gasteiger partial charge in [0.1, 0.15) is 5.75 Å². The largest absolute Gasteiger partial charge is 0.497 e. The molecule has 0 radical (unpaired) electrons. The van der Waals surface area contributed by atoms with Crippen molar-refractivity contribution in [3.8, 4) is 17.2 Å². The first-order chi connectivity index (χ1) is 16.3. The van der Waals surface area contributed by atoms with Crippen LogP contribution >= 0.6 is 0 Å². The highest BCUT2D eigenvalue weighted by molar-refractivity contribution is 7.89. The van der Waals surface area contributed by atoms with Crippen molar-refractivity contribution < 1.29 is 27.4 Å². The maximum atomic E-state index is 13.4. The van der Waals surface area contributed by atoms with Crippen molar-refractivity contribution >= 4 is 15.9 Å². The highest BCUT2D eigenvalue weighted by Gasteiger charge is 2.35. The summed E-state index contributed by atoms with van der Waals surface area (Å²) in [6.45, 7) is 5.12. The third-order valence-electron chi connectivity index (χ3n) is 6.46. The third-order valence-corrected chi connectivity index (χ3v) is 8.36. The van der Waals surface area contributed by atoms with Crippen LogP contribution in [0.5, 0.6) is 17.2 Å². The summed E-state index contributed by atoms with van der Waals surface area (Å²) in [6, 6.07) is 12.2. The molecule has 1 aliphatic heterocycles. The summed E-state index contributed by atoms with van der Waals surface area (Å²) in [5, 5.41) is 0. The number of sulfonamides is 1. The molecular weight excluding hydrogens is 456 g/mol. The predicted molar refractivity (Wildman–Crippen MR) is 130 cm³/mol. The molecule has 0 bridgehead atoms. The van der Waals surface area contributed by atoms with Crippen LogP contribution in [0.1, 0.15) is 38.3 Å². The molecule has 1 amide bonds. The fourth-order valence-electron chi connectivity index (χ4n) is 4.41. The summed E-state index contributed by atoms with van der Waals surface area (Å²) < 4.78 is 43.6. The average molecular weight is 491 g/mol. The molecule has 1 saturated heterocycles. The Morgan fingerprint density at radius 1 is 1.03 bits per heavy atom. The van der Waals surface area contributed by atoms with Crippen molar-refractivity contribution in [3.05, 3.63) is 48.0 Å². The van der Waals surface area contributed by atoms with E-state index in [1.165, 1.54) is 30.7 Å². The second-order valence-corrected chi connectivity index (χ2v) is 10.2. The zero-order valence-corrected chi connectivity index (χ0v) is 21.3. The molecule has 1 atom stereocenters. The fourth-order valence-corrected chi connectivity index (χ4v) is 5.89. The number of hydrogen-bond acceptors (Lipinski definition) is 6. The Morgan fingerprint density at radius 3 is 2.29 bits per heavy atom. The maximum absolute atomic E-state index is 13.4. The van der Waals surface area contributed by atoms with E-state index in [1.54, 1.807) is 13.2 Å². The molecule has 2 aromatic rings. The Bertz CT molecular complexity index is 1100. The summed E-state index contributed by atoms with van der Waals surface area (Å²) in [7, 11) is 0.891. The Kier molecular flexibility index (Phi) is 8.43. The number of nitrogens with zero attached hydrogens (tertiary/aromatic N) is 2. The molecule has 1 heterocycles. The van der Waals surface area contributed by atoms with Crippen LogP contribution in [0, 0.1) is 5.92 Å². The number of rotatable bonds is 9. The van der Waals surface area contributed by atoms with E-state index in [4.69, 9.17) is 14.2 Å². The van der Waals surface area contributed by atoms with Crippen molar-refractivity contribution in [2.75, 3.05) is 41.0 Å². The predicted octanol–water partition coefficient (Wildman–Crippen LogP) is 3.72. The van der Waals surface area contributed by atoms with E-state index in [0.717, 1.165) is 11.3 Å². The highest BCUT2D eigenvalue weighted by atomic mass is 32.2. The van der Waals surface area contributed by atoms with Crippen LogP contribution in [0.2, 0.25) is 0 Å². The number of methoxy groups -OCH3 is 3. The standard InChI is InChI=1S/C25H34N2O6S/c1-6-27(18(2)20-8-7-9-21(16-20)31-3)25(28)19-12-14-26(15-13-19)34(29,30)22-10-11-23(32-4)24(17-22)33-5/h7-11,16-19H,6,12-15H2,1-5H3. The van der Waals surface area contributed by atoms with Gasteiger partial charge in [-0.25, -0.2) is 8.42 Å². The minimum absolute atomic E-state index is 0.0565. The summed E-state index contributed by atoms with van der Waals surface area (Å²) in [5.41, 5.74) is 1.00. The quantitative estimate of drug-likeness (QED) is 0.533. The van der Waals surface area contributed by atoms with Gasteiger partial charge in [0.05, 0.1) is 32.3 Å². The maximum Gasteiger partial charge on any atom is 0.243 e. The van der Waals surface area contributed by atoms with Crippen molar-refractivity contribution in [3.63, 3.8) is 0 Å². The first-order valence-corrected chi connectivity index (χ1v) is 12.9. The van der Waals surface area contributed by atoms with E-state index in [-0.39, 0.29) is 35.9 Å². The van der Waals surface area contributed by atoms with E-state index < -0.39 is 10.0 Å². The number of ether oxygens (including phenoxy) is 3. The van der Waals surface area contributed by atoms with Gasteiger partial charge in [0, 0.05) is 31.6 Å². The van der Waals surface area contributed by atoms with Gasteiger partial charge >= 0.3 is 0 Å². The first kappa shape index (κ1) is 25.8. The zero-order valence-electron chi connectivity index (χ0n) is 20.5. The number of amides is 1. The molecule has 1 aliphatic rings. The molecule has 0 saturated carbocycles. The lowest BCUT2D eigenvalue weighted by Gasteiger charge is -2.36. The summed E-state index contributed by atoms with van der Waals surface area (Å²) in [4.78, 5) is 15.4. The van der Waals surface area contributed by atoms with Crippen LogP contribution in [0.3, 0.4) is 0 Å². The van der Waals surface area contributed by atoms with Gasteiger partial charge < -0.3 is 19.1 Å². The van der Waals surface area contributed by atoms with Gasteiger partial charge in [0.25, 0.3) is 0 Å². The third kappa shape index (κ3) is 5.31. The molecule has 2 aromatic carbocycles. The number of hydrogen-bond donors (Lipinski definition) is 0. The molecule has 0 aliphatic carbocycles. The molecule has 0 spiro atoms. The molecular formula is C25H34N2O6S. The van der Waals surface area contributed by atoms with Crippen molar-refractivity contribution in [2.45, 2.75) is 37.6 Å². The van der Waals surface area contributed by atoms with Crippen molar-refractivity contribution in [1.29, 1.82) is 0 Å². The lowest BCUT2D eigenvalue weighted by molar-refractivity contribution is -0.138. The van der Waals surface area contributed by atoms with E-state index in [9.17, 15) is 13.2 Å². The molecule has 34 heavy (non-hydrogen) atoms. The summed E-state index contributed by atoms with van der Waals surface area (Å²) in [5.74, 6) is 1.42. The van der Waals surface area contributed by atoms with Crippen molar-refractivity contribution in [1.82, 2.24) is 9.21 Å². The molecule has 9 heteroatoms. The summed E-state index contributed by atoms with van der Waals surface area (Å²) in [6.07, 6.45) is 0.958. The van der Waals surface area contributed by atoms with Crippen LogP contribution in [0.25, 0.3) is 0 Å². The molecule has 1 fully saturated rings. The molecule has 186 valence electrons. The first-order valence-electron chi connectivity index (χ1n) is 11.4. The Morgan fingerprint density at radius 2 is 1.71 bits per heavy atom. The van der Waals surface area contributed by atoms with Gasteiger partial charge in [-0.2, -0.15) is 4.31 Å². The molecule has 1 unspecified atom stereocenters. The lowest BCUT2D eigenvalue weighted by Crippen LogP contribution is -2.45. The second kappa shape index (κ2) is 11.1.